The second-order valence-electron chi connectivity index (χ2n) is 6.05. The van der Waals surface area contributed by atoms with Crippen LogP contribution in [0.15, 0.2) is 18.2 Å². The van der Waals surface area contributed by atoms with Crippen LogP contribution in [-0.2, 0) is 16.0 Å². The first-order chi connectivity index (χ1) is 9.98. The van der Waals surface area contributed by atoms with Gasteiger partial charge in [-0.3, -0.25) is 9.59 Å². The fraction of sp³-hybridized carbons (Fsp3) is 0.500. The van der Waals surface area contributed by atoms with Gasteiger partial charge in [0.05, 0.1) is 11.6 Å². The van der Waals surface area contributed by atoms with Crippen molar-refractivity contribution in [1.82, 2.24) is 5.32 Å². The number of carbonyl (C=O) groups excluding carboxylic acids is 2. The van der Waals surface area contributed by atoms with Gasteiger partial charge in [-0.05, 0) is 50.5 Å². The molecular weight excluding hydrogens is 268 g/mol. The molecule has 0 aliphatic carbocycles. The summed E-state index contributed by atoms with van der Waals surface area (Å²) in [5.41, 5.74) is 2.14. The molecule has 0 radical (unpaired) electrons. The lowest BCUT2D eigenvalue weighted by molar-refractivity contribution is -0.116. The Hall–Kier alpha value is -1.88. The van der Waals surface area contributed by atoms with Gasteiger partial charge < -0.3 is 15.4 Å². The highest BCUT2D eigenvalue weighted by atomic mass is 16.5. The van der Waals surface area contributed by atoms with E-state index in [4.69, 9.17) is 4.74 Å². The molecule has 0 spiro atoms. The Morgan fingerprint density at radius 2 is 2.24 bits per heavy atom. The van der Waals surface area contributed by atoms with Crippen LogP contribution in [0.25, 0.3) is 0 Å². The number of hydrogen-bond acceptors (Lipinski definition) is 3. The fourth-order valence-corrected chi connectivity index (χ4v) is 2.86. The minimum Gasteiger partial charge on any atom is -0.376 e. The van der Waals surface area contributed by atoms with Gasteiger partial charge in [0, 0.05) is 24.3 Å². The van der Waals surface area contributed by atoms with Gasteiger partial charge in [0.2, 0.25) is 5.91 Å². The molecule has 5 nitrogen and oxygen atoms in total. The smallest absolute Gasteiger partial charge is 0.251 e. The minimum absolute atomic E-state index is 0.0124. The molecule has 0 bridgehead atoms. The van der Waals surface area contributed by atoms with Gasteiger partial charge in [0.1, 0.15) is 0 Å². The van der Waals surface area contributed by atoms with E-state index in [0.717, 1.165) is 17.7 Å². The van der Waals surface area contributed by atoms with Crippen molar-refractivity contribution < 1.29 is 14.3 Å². The molecule has 2 atom stereocenters. The van der Waals surface area contributed by atoms with Crippen LogP contribution in [0.4, 0.5) is 5.69 Å². The van der Waals surface area contributed by atoms with E-state index in [9.17, 15) is 9.59 Å². The molecule has 112 valence electrons. The summed E-state index contributed by atoms with van der Waals surface area (Å²) in [6.07, 6.45) is 1.99. The number of amides is 2. The van der Waals surface area contributed by atoms with Crippen molar-refractivity contribution in [3.8, 4) is 0 Å². The molecule has 1 fully saturated rings. The normalized spacial score (nSPS) is 27.9. The Kier molecular flexibility index (Phi) is 3.45. The monoisotopic (exact) mass is 288 g/mol. The van der Waals surface area contributed by atoms with Crippen LogP contribution < -0.4 is 10.6 Å². The maximum absolute atomic E-state index is 12.4. The van der Waals surface area contributed by atoms with Crippen molar-refractivity contribution in [3.63, 3.8) is 0 Å². The lowest BCUT2D eigenvalue weighted by Gasteiger charge is -2.29. The Bertz CT molecular complexity index is 599. The third-order valence-electron chi connectivity index (χ3n) is 4.55. The average Bonchev–Trinajstić information content (AvgIpc) is 2.77. The van der Waals surface area contributed by atoms with Crippen LogP contribution in [0, 0.1) is 0 Å². The van der Waals surface area contributed by atoms with E-state index in [2.05, 4.69) is 10.6 Å². The van der Waals surface area contributed by atoms with Gasteiger partial charge in [-0.25, -0.2) is 0 Å². The van der Waals surface area contributed by atoms with E-state index in [0.29, 0.717) is 25.0 Å². The van der Waals surface area contributed by atoms with Crippen LogP contribution in [-0.4, -0.2) is 30.1 Å². The third-order valence-corrected chi connectivity index (χ3v) is 4.55. The Balaban J connectivity index is 1.78. The third kappa shape index (κ3) is 2.65. The summed E-state index contributed by atoms with van der Waals surface area (Å²) >= 11 is 0. The number of hydrogen-bond donors (Lipinski definition) is 2. The van der Waals surface area contributed by atoms with E-state index in [1.165, 1.54) is 0 Å². The minimum atomic E-state index is -0.318. The lowest BCUT2D eigenvalue weighted by atomic mass is 9.93. The summed E-state index contributed by atoms with van der Waals surface area (Å²) in [4.78, 5) is 23.8. The molecule has 1 aromatic rings. The van der Waals surface area contributed by atoms with Crippen LogP contribution in [0.5, 0.6) is 0 Å². The van der Waals surface area contributed by atoms with Gasteiger partial charge in [-0.2, -0.15) is 0 Å². The average molecular weight is 288 g/mol. The first-order valence-electron chi connectivity index (χ1n) is 7.35. The van der Waals surface area contributed by atoms with Gasteiger partial charge in [0.15, 0.2) is 0 Å². The topological polar surface area (TPSA) is 67.4 Å². The van der Waals surface area contributed by atoms with Gasteiger partial charge in [-0.1, -0.05) is 0 Å². The van der Waals surface area contributed by atoms with Gasteiger partial charge in [0.25, 0.3) is 5.91 Å². The fourth-order valence-electron chi connectivity index (χ4n) is 2.86. The molecule has 1 aromatic carbocycles. The highest BCUT2D eigenvalue weighted by Gasteiger charge is 2.38. The Labute approximate surface area is 124 Å². The van der Waals surface area contributed by atoms with Crippen molar-refractivity contribution >= 4 is 17.5 Å². The van der Waals surface area contributed by atoms with E-state index in [-0.39, 0.29) is 23.5 Å². The number of aryl methyl sites for hydroxylation is 1. The van der Waals surface area contributed by atoms with Crippen LogP contribution in [0.3, 0.4) is 0 Å². The molecule has 2 N–H and O–H groups in total. The maximum atomic E-state index is 12.4. The molecule has 0 saturated carbocycles. The number of ether oxygens (including phenoxy) is 1. The van der Waals surface area contributed by atoms with Gasteiger partial charge in [-0.15, -0.1) is 0 Å². The van der Waals surface area contributed by atoms with Crippen molar-refractivity contribution in [2.24, 2.45) is 0 Å². The zero-order valence-electron chi connectivity index (χ0n) is 12.4. The van der Waals surface area contributed by atoms with Crippen LogP contribution in [0.2, 0.25) is 0 Å². The highest BCUT2D eigenvalue weighted by molar-refractivity contribution is 5.98. The van der Waals surface area contributed by atoms with Crippen molar-refractivity contribution in [2.45, 2.75) is 44.8 Å². The second kappa shape index (κ2) is 5.15. The number of anilines is 1. The molecular formula is C16H20N2O3. The molecule has 2 amide bonds. The predicted molar refractivity (Wildman–Crippen MR) is 79.3 cm³/mol. The molecule has 2 aliphatic heterocycles. The summed E-state index contributed by atoms with van der Waals surface area (Å²) in [6.45, 7) is 4.67. The summed E-state index contributed by atoms with van der Waals surface area (Å²) in [5.74, 6) is -0.0568. The summed E-state index contributed by atoms with van der Waals surface area (Å²) in [7, 11) is 0. The Morgan fingerprint density at radius 1 is 1.43 bits per heavy atom. The molecule has 3 rings (SSSR count). The van der Waals surface area contributed by atoms with Crippen LogP contribution in [0.1, 0.15) is 42.6 Å². The number of rotatable bonds is 2. The second-order valence-corrected chi connectivity index (χ2v) is 6.05. The maximum Gasteiger partial charge on any atom is 0.251 e. The SMILES string of the molecule is CC1OCCC1(C)NC(=O)c1ccc2c(c1)CCC(=O)N2. The van der Waals surface area contributed by atoms with Crippen molar-refractivity contribution in [2.75, 3.05) is 11.9 Å². The van der Waals surface area contributed by atoms with Gasteiger partial charge >= 0.3 is 0 Å². The molecule has 2 heterocycles. The first-order valence-corrected chi connectivity index (χ1v) is 7.35. The predicted octanol–water partition coefficient (Wildman–Crippen LogP) is 1.87. The molecule has 2 unspecified atom stereocenters. The molecule has 0 aromatic heterocycles. The zero-order valence-corrected chi connectivity index (χ0v) is 12.4. The quantitative estimate of drug-likeness (QED) is 0.873. The molecule has 2 aliphatic rings. The molecule has 5 heteroatoms. The Morgan fingerprint density at radius 3 is 2.95 bits per heavy atom. The number of fused-ring (bicyclic) bond motifs is 1. The lowest BCUT2D eigenvalue weighted by Crippen LogP contribution is -2.50. The number of nitrogens with one attached hydrogen (secondary N) is 2. The summed E-state index contributed by atoms with van der Waals surface area (Å²) in [5, 5.41) is 5.91. The van der Waals surface area contributed by atoms with Crippen molar-refractivity contribution in [1.29, 1.82) is 0 Å². The van der Waals surface area contributed by atoms with Crippen molar-refractivity contribution in [3.05, 3.63) is 29.3 Å². The molecule has 21 heavy (non-hydrogen) atoms. The highest BCUT2D eigenvalue weighted by Crippen LogP contribution is 2.27. The number of carbonyl (C=O) groups is 2. The van der Waals surface area contributed by atoms with Crippen LogP contribution >= 0.6 is 0 Å². The van der Waals surface area contributed by atoms with E-state index in [1.54, 1.807) is 12.1 Å². The van der Waals surface area contributed by atoms with E-state index >= 15 is 0 Å². The zero-order chi connectivity index (χ0) is 15.0. The largest absolute Gasteiger partial charge is 0.376 e. The van der Waals surface area contributed by atoms with E-state index in [1.807, 2.05) is 19.9 Å². The van der Waals surface area contributed by atoms with E-state index < -0.39 is 0 Å². The summed E-state index contributed by atoms with van der Waals surface area (Å²) in [6, 6.07) is 5.43. The first kappa shape index (κ1) is 14.1. The standard InChI is InChI=1S/C16H20N2O3/c1-10-16(2,7-8-21-10)18-15(20)12-3-5-13-11(9-12)4-6-14(19)17-13/h3,5,9-10H,4,6-8H2,1-2H3,(H,17,19)(H,18,20). The summed E-state index contributed by atoms with van der Waals surface area (Å²) < 4.78 is 5.55. The molecule has 1 saturated heterocycles. The number of benzene rings is 1.